The standard InChI is InChI=1S/C12H9ClN4S/c1-18-9-4-2-8(3-5-9)17-12-10(6-14)11(13)15-7-16-12/h2-5,7H,1H3,(H,15,16,17). The van der Waals surface area contributed by atoms with Crippen molar-refractivity contribution in [2.75, 3.05) is 11.6 Å². The fraction of sp³-hybridized carbons (Fsp3) is 0.0833. The van der Waals surface area contributed by atoms with E-state index in [0.717, 1.165) is 5.69 Å². The number of anilines is 2. The van der Waals surface area contributed by atoms with Gasteiger partial charge in [-0.1, -0.05) is 11.6 Å². The average molecular weight is 277 g/mol. The van der Waals surface area contributed by atoms with E-state index in [2.05, 4.69) is 15.3 Å². The van der Waals surface area contributed by atoms with Crippen molar-refractivity contribution >= 4 is 34.9 Å². The van der Waals surface area contributed by atoms with Gasteiger partial charge in [0.05, 0.1) is 0 Å². The molecule has 1 aromatic heterocycles. The van der Waals surface area contributed by atoms with Crippen LogP contribution in [0.15, 0.2) is 35.5 Å². The zero-order chi connectivity index (χ0) is 13.0. The number of rotatable bonds is 3. The summed E-state index contributed by atoms with van der Waals surface area (Å²) < 4.78 is 0. The molecule has 0 atom stereocenters. The van der Waals surface area contributed by atoms with E-state index in [4.69, 9.17) is 16.9 Å². The summed E-state index contributed by atoms with van der Waals surface area (Å²) in [6.07, 6.45) is 3.34. The van der Waals surface area contributed by atoms with Crippen molar-refractivity contribution in [3.63, 3.8) is 0 Å². The molecule has 2 aromatic rings. The Balaban J connectivity index is 2.28. The van der Waals surface area contributed by atoms with E-state index in [-0.39, 0.29) is 10.7 Å². The third kappa shape index (κ3) is 2.73. The second-order valence-corrected chi connectivity index (χ2v) is 4.59. The highest BCUT2D eigenvalue weighted by Crippen LogP contribution is 2.24. The Bertz CT molecular complexity index is 592. The second kappa shape index (κ2) is 5.71. The van der Waals surface area contributed by atoms with Crippen LogP contribution in [0.3, 0.4) is 0 Å². The zero-order valence-corrected chi connectivity index (χ0v) is 11.1. The van der Waals surface area contributed by atoms with Gasteiger partial charge in [-0.2, -0.15) is 5.26 Å². The highest BCUT2D eigenvalue weighted by atomic mass is 35.5. The molecule has 1 aromatic carbocycles. The normalized spacial score (nSPS) is 9.83. The number of thioether (sulfide) groups is 1. The third-order valence-electron chi connectivity index (χ3n) is 2.27. The van der Waals surface area contributed by atoms with Crippen LogP contribution in [0.25, 0.3) is 0 Å². The predicted molar refractivity (Wildman–Crippen MR) is 73.3 cm³/mol. The van der Waals surface area contributed by atoms with Gasteiger partial charge in [0.1, 0.15) is 18.0 Å². The van der Waals surface area contributed by atoms with Gasteiger partial charge in [0, 0.05) is 10.6 Å². The predicted octanol–water partition coefficient (Wildman–Crippen LogP) is 3.47. The first kappa shape index (κ1) is 12.7. The minimum Gasteiger partial charge on any atom is -0.339 e. The lowest BCUT2D eigenvalue weighted by Gasteiger charge is -2.07. The van der Waals surface area contributed by atoms with E-state index < -0.39 is 0 Å². The first-order chi connectivity index (χ1) is 8.74. The Morgan fingerprint density at radius 3 is 2.61 bits per heavy atom. The minimum absolute atomic E-state index is 0.149. The number of benzene rings is 1. The van der Waals surface area contributed by atoms with Crippen molar-refractivity contribution in [3.05, 3.63) is 41.3 Å². The summed E-state index contributed by atoms with van der Waals surface area (Å²) in [6.45, 7) is 0. The van der Waals surface area contributed by atoms with Gasteiger partial charge in [0.15, 0.2) is 11.0 Å². The lowest BCUT2D eigenvalue weighted by Crippen LogP contribution is -1.98. The van der Waals surface area contributed by atoms with Crippen molar-refractivity contribution in [2.24, 2.45) is 0 Å². The van der Waals surface area contributed by atoms with Gasteiger partial charge in [0.25, 0.3) is 0 Å². The molecule has 0 saturated carbocycles. The van der Waals surface area contributed by atoms with Crippen LogP contribution < -0.4 is 5.32 Å². The summed E-state index contributed by atoms with van der Waals surface area (Å²) in [5.74, 6) is 0.411. The molecule has 0 fully saturated rings. The van der Waals surface area contributed by atoms with Crippen molar-refractivity contribution in [1.82, 2.24) is 9.97 Å². The Morgan fingerprint density at radius 1 is 1.28 bits per heavy atom. The van der Waals surface area contributed by atoms with Crippen LogP contribution in [0.1, 0.15) is 5.56 Å². The molecule has 4 nitrogen and oxygen atoms in total. The molecule has 0 aliphatic carbocycles. The fourth-order valence-corrected chi connectivity index (χ4v) is 1.95. The van der Waals surface area contributed by atoms with E-state index in [1.165, 1.54) is 11.2 Å². The van der Waals surface area contributed by atoms with Gasteiger partial charge >= 0.3 is 0 Å². The molecule has 6 heteroatoms. The number of nitriles is 1. The largest absolute Gasteiger partial charge is 0.339 e. The average Bonchev–Trinajstić information content (AvgIpc) is 2.40. The molecule has 0 aliphatic heterocycles. The SMILES string of the molecule is CSc1ccc(Nc2ncnc(Cl)c2C#N)cc1. The van der Waals surface area contributed by atoms with Crippen molar-refractivity contribution in [2.45, 2.75) is 4.90 Å². The smallest absolute Gasteiger partial charge is 0.153 e. The summed E-state index contributed by atoms with van der Waals surface area (Å²) in [4.78, 5) is 8.95. The number of aromatic nitrogens is 2. The Kier molecular flexibility index (Phi) is 4.03. The highest BCUT2D eigenvalue weighted by molar-refractivity contribution is 7.98. The molecule has 0 amide bonds. The molecule has 0 bridgehead atoms. The minimum atomic E-state index is 0.149. The molecule has 0 spiro atoms. The number of nitrogens with zero attached hydrogens (tertiary/aromatic N) is 3. The van der Waals surface area contributed by atoms with Crippen LogP contribution in [-0.4, -0.2) is 16.2 Å². The quantitative estimate of drug-likeness (QED) is 0.687. The molecule has 0 radical (unpaired) electrons. The first-order valence-corrected chi connectivity index (χ1v) is 6.66. The lowest BCUT2D eigenvalue weighted by molar-refractivity contribution is 1.15. The Hall–Kier alpha value is -1.77. The maximum absolute atomic E-state index is 9.00. The summed E-state index contributed by atoms with van der Waals surface area (Å²) in [6, 6.07) is 9.80. The maximum Gasteiger partial charge on any atom is 0.153 e. The van der Waals surface area contributed by atoms with E-state index in [9.17, 15) is 0 Å². The van der Waals surface area contributed by atoms with Crippen LogP contribution in [0.4, 0.5) is 11.5 Å². The van der Waals surface area contributed by atoms with E-state index in [1.54, 1.807) is 11.8 Å². The number of halogens is 1. The van der Waals surface area contributed by atoms with Crippen LogP contribution >= 0.6 is 23.4 Å². The molecule has 0 saturated heterocycles. The molecule has 18 heavy (non-hydrogen) atoms. The van der Waals surface area contributed by atoms with Gasteiger partial charge in [0.2, 0.25) is 0 Å². The van der Waals surface area contributed by atoms with Crippen molar-refractivity contribution in [1.29, 1.82) is 5.26 Å². The van der Waals surface area contributed by atoms with Crippen LogP contribution in [0.2, 0.25) is 5.15 Å². The van der Waals surface area contributed by atoms with Crippen LogP contribution in [0, 0.1) is 11.3 Å². The van der Waals surface area contributed by atoms with Gasteiger partial charge in [-0.15, -0.1) is 11.8 Å². The first-order valence-electron chi connectivity index (χ1n) is 5.06. The molecule has 1 N–H and O–H groups in total. The van der Waals surface area contributed by atoms with Gasteiger partial charge < -0.3 is 5.32 Å². The van der Waals surface area contributed by atoms with Gasteiger partial charge in [-0.25, -0.2) is 9.97 Å². The van der Waals surface area contributed by atoms with E-state index >= 15 is 0 Å². The monoisotopic (exact) mass is 276 g/mol. The van der Waals surface area contributed by atoms with Crippen molar-refractivity contribution < 1.29 is 0 Å². The van der Waals surface area contributed by atoms with Crippen molar-refractivity contribution in [3.8, 4) is 6.07 Å². The fourth-order valence-electron chi connectivity index (χ4n) is 1.37. The summed E-state index contributed by atoms with van der Waals surface area (Å²) in [7, 11) is 0. The topological polar surface area (TPSA) is 61.6 Å². The molecule has 0 unspecified atom stereocenters. The molecule has 2 rings (SSSR count). The number of hydrogen-bond acceptors (Lipinski definition) is 5. The van der Waals surface area contributed by atoms with E-state index in [1.807, 2.05) is 36.6 Å². The number of nitrogens with one attached hydrogen (secondary N) is 1. The molecular weight excluding hydrogens is 268 g/mol. The highest BCUT2D eigenvalue weighted by Gasteiger charge is 2.09. The zero-order valence-electron chi connectivity index (χ0n) is 9.51. The molecular formula is C12H9ClN4S. The van der Waals surface area contributed by atoms with E-state index in [0.29, 0.717) is 5.82 Å². The number of hydrogen-bond donors (Lipinski definition) is 1. The summed E-state index contributed by atoms with van der Waals surface area (Å²) >= 11 is 7.49. The van der Waals surface area contributed by atoms with Gasteiger partial charge in [-0.05, 0) is 30.5 Å². The lowest BCUT2D eigenvalue weighted by atomic mass is 10.3. The summed E-state index contributed by atoms with van der Waals surface area (Å²) in [5, 5.41) is 12.2. The van der Waals surface area contributed by atoms with Gasteiger partial charge in [-0.3, -0.25) is 0 Å². The summed E-state index contributed by atoms with van der Waals surface area (Å²) in [5.41, 5.74) is 1.09. The maximum atomic E-state index is 9.00. The Labute approximate surface area is 114 Å². The molecule has 0 aliphatic rings. The molecule has 90 valence electrons. The van der Waals surface area contributed by atoms with Crippen LogP contribution in [-0.2, 0) is 0 Å². The van der Waals surface area contributed by atoms with Crippen LogP contribution in [0.5, 0.6) is 0 Å². The second-order valence-electron chi connectivity index (χ2n) is 3.35. The molecule has 1 heterocycles. The Morgan fingerprint density at radius 2 is 2.00 bits per heavy atom. The third-order valence-corrected chi connectivity index (χ3v) is 3.30.